The summed E-state index contributed by atoms with van der Waals surface area (Å²) in [5.41, 5.74) is 0.861. The predicted octanol–water partition coefficient (Wildman–Crippen LogP) is 2.94. The molecule has 0 unspecified atom stereocenters. The Hall–Kier alpha value is -2.01. The molecular formula is C16H20FN3O. The average Bonchev–Trinajstić information content (AvgIpc) is 2.45. The molecular weight excluding hydrogens is 269 g/mol. The zero-order chi connectivity index (χ0) is 15.1. The number of nitrogens with one attached hydrogen (secondary N) is 1. The van der Waals surface area contributed by atoms with E-state index in [-0.39, 0.29) is 12.4 Å². The van der Waals surface area contributed by atoms with Gasteiger partial charge in [0, 0.05) is 25.0 Å². The second-order valence-corrected chi connectivity index (χ2v) is 5.27. The van der Waals surface area contributed by atoms with E-state index in [1.54, 1.807) is 18.5 Å². The maximum absolute atomic E-state index is 13.6. The van der Waals surface area contributed by atoms with Crippen LogP contribution in [0.15, 0.2) is 36.7 Å². The molecule has 5 heteroatoms. The van der Waals surface area contributed by atoms with Crippen molar-refractivity contribution in [2.45, 2.75) is 27.0 Å². The fourth-order valence-electron chi connectivity index (χ4n) is 1.86. The first-order chi connectivity index (χ1) is 10.1. The van der Waals surface area contributed by atoms with Crippen LogP contribution in [0, 0.1) is 11.7 Å². The average molecular weight is 289 g/mol. The van der Waals surface area contributed by atoms with Gasteiger partial charge in [-0.25, -0.2) is 14.4 Å². The fourth-order valence-corrected chi connectivity index (χ4v) is 1.86. The van der Waals surface area contributed by atoms with E-state index >= 15 is 0 Å². The van der Waals surface area contributed by atoms with Crippen molar-refractivity contribution in [1.82, 2.24) is 15.3 Å². The van der Waals surface area contributed by atoms with E-state index < -0.39 is 0 Å². The summed E-state index contributed by atoms with van der Waals surface area (Å²) in [6, 6.07) is 6.46. The highest BCUT2D eigenvalue weighted by Crippen LogP contribution is 2.17. The molecule has 1 N–H and O–H groups in total. The topological polar surface area (TPSA) is 47.0 Å². The van der Waals surface area contributed by atoms with Crippen molar-refractivity contribution in [1.29, 1.82) is 0 Å². The third-order valence-corrected chi connectivity index (χ3v) is 2.80. The molecule has 4 nitrogen and oxygen atoms in total. The van der Waals surface area contributed by atoms with Gasteiger partial charge in [-0.05, 0) is 36.2 Å². The van der Waals surface area contributed by atoms with Gasteiger partial charge in [0.1, 0.15) is 18.2 Å². The molecule has 0 saturated heterocycles. The Labute approximate surface area is 124 Å². The van der Waals surface area contributed by atoms with Gasteiger partial charge < -0.3 is 10.1 Å². The Bertz CT molecular complexity index is 561. The Morgan fingerprint density at radius 2 is 1.95 bits per heavy atom. The molecule has 0 saturated carbocycles. The van der Waals surface area contributed by atoms with Crippen LogP contribution >= 0.6 is 0 Å². The zero-order valence-electron chi connectivity index (χ0n) is 12.3. The number of aromatic nitrogens is 2. The Kier molecular flexibility index (Phi) is 5.63. The van der Waals surface area contributed by atoms with Crippen molar-refractivity contribution >= 4 is 0 Å². The third-order valence-electron chi connectivity index (χ3n) is 2.80. The van der Waals surface area contributed by atoms with E-state index in [0.717, 1.165) is 12.1 Å². The van der Waals surface area contributed by atoms with Crippen molar-refractivity contribution in [3.63, 3.8) is 0 Å². The molecule has 0 aliphatic heterocycles. The van der Waals surface area contributed by atoms with Gasteiger partial charge in [0.25, 0.3) is 0 Å². The SMILES string of the molecule is CC(C)CNCc1cc(F)cc(OCc2ncccn2)c1. The summed E-state index contributed by atoms with van der Waals surface area (Å²) in [7, 11) is 0. The first-order valence-corrected chi connectivity index (χ1v) is 7.02. The molecule has 2 rings (SSSR count). The van der Waals surface area contributed by atoms with Crippen molar-refractivity contribution in [2.24, 2.45) is 5.92 Å². The summed E-state index contributed by atoms with van der Waals surface area (Å²) in [6.45, 7) is 6.00. The van der Waals surface area contributed by atoms with Crippen molar-refractivity contribution < 1.29 is 9.13 Å². The molecule has 0 atom stereocenters. The number of rotatable bonds is 7. The standard InChI is InChI=1S/C16H20FN3O/c1-12(2)9-18-10-13-6-14(17)8-15(7-13)21-11-16-19-4-3-5-20-16/h3-8,12,18H,9-11H2,1-2H3. The van der Waals surface area contributed by atoms with Gasteiger partial charge in [0.2, 0.25) is 0 Å². The van der Waals surface area contributed by atoms with E-state index in [0.29, 0.717) is 24.0 Å². The van der Waals surface area contributed by atoms with Crippen LogP contribution in [0.1, 0.15) is 25.2 Å². The molecule has 0 radical (unpaired) electrons. The van der Waals surface area contributed by atoms with Crippen LogP contribution in [-0.2, 0) is 13.2 Å². The van der Waals surface area contributed by atoms with Crippen molar-refractivity contribution in [3.05, 3.63) is 53.9 Å². The van der Waals surface area contributed by atoms with Crippen molar-refractivity contribution in [3.8, 4) is 5.75 Å². The largest absolute Gasteiger partial charge is 0.485 e. The monoisotopic (exact) mass is 289 g/mol. The minimum atomic E-state index is -0.303. The lowest BCUT2D eigenvalue weighted by Crippen LogP contribution is -2.19. The number of nitrogens with zero attached hydrogens (tertiary/aromatic N) is 2. The Morgan fingerprint density at radius 3 is 2.67 bits per heavy atom. The van der Waals surface area contributed by atoms with E-state index in [2.05, 4.69) is 29.1 Å². The first-order valence-electron chi connectivity index (χ1n) is 7.02. The fraction of sp³-hybridized carbons (Fsp3) is 0.375. The van der Waals surface area contributed by atoms with Crippen LogP contribution in [0.25, 0.3) is 0 Å². The quantitative estimate of drug-likeness (QED) is 0.851. The van der Waals surface area contributed by atoms with E-state index in [4.69, 9.17) is 4.74 Å². The molecule has 2 aromatic rings. The van der Waals surface area contributed by atoms with Gasteiger partial charge >= 0.3 is 0 Å². The highest BCUT2D eigenvalue weighted by atomic mass is 19.1. The second kappa shape index (κ2) is 7.69. The van der Waals surface area contributed by atoms with Crippen LogP contribution in [0.5, 0.6) is 5.75 Å². The first kappa shape index (κ1) is 15.4. The summed E-state index contributed by atoms with van der Waals surface area (Å²) in [4.78, 5) is 8.13. The molecule has 1 aromatic heterocycles. The number of benzene rings is 1. The van der Waals surface area contributed by atoms with Crippen LogP contribution < -0.4 is 10.1 Å². The molecule has 21 heavy (non-hydrogen) atoms. The van der Waals surface area contributed by atoms with Gasteiger partial charge in [-0.2, -0.15) is 0 Å². The van der Waals surface area contributed by atoms with Crippen LogP contribution in [-0.4, -0.2) is 16.5 Å². The highest BCUT2D eigenvalue weighted by molar-refractivity contribution is 5.29. The lowest BCUT2D eigenvalue weighted by Gasteiger charge is -2.10. The molecule has 0 amide bonds. The number of hydrogen-bond donors (Lipinski definition) is 1. The van der Waals surface area contributed by atoms with Gasteiger partial charge in [-0.15, -0.1) is 0 Å². The lowest BCUT2D eigenvalue weighted by molar-refractivity contribution is 0.294. The molecule has 0 fully saturated rings. The summed E-state index contributed by atoms with van der Waals surface area (Å²) in [6.07, 6.45) is 3.30. The minimum absolute atomic E-state index is 0.225. The van der Waals surface area contributed by atoms with Crippen LogP contribution in [0.3, 0.4) is 0 Å². The Balaban J connectivity index is 1.94. The maximum atomic E-state index is 13.6. The van der Waals surface area contributed by atoms with Gasteiger partial charge in [-0.1, -0.05) is 13.8 Å². The molecule has 112 valence electrons. The molecule has 1 heterocycles. The molecule has 0 aliphatic rings. The lowest BCUT2D eigenvalue weighted by atomic mass is 10.2. The second-order valence-electron chi connectivity index (χ2n) is 5.27. The van der Waals surface area contributed by atoms with Gasteiger partial charge in [-0.3, -0.25) is 0 Å². The molecule has 0 aliphatic carbocycles. The number of hydrogen-bond acceptors (Lipinski definition) is 4. The number of halogens is 1. The summed E-state index contributed by atoms with van der Waals surface area (Å²) >= 11 is 0. The Morgan fingerprint density at radius 1 is 1.19 bits per heavy atom. The smallest absolute Gasteiger partial charge is 0.166 e. The molecule has 0 spiro atoms. The van der Waals surface area contributed by atoms with Gasteiger partial charge in [0.05, 0.1) is 0 Å². The maximum Gasteiger partial charge on any atom is 0.166 e. The highest BCUT2D eigenvalue weighted by Gasteiger charge is 2.04. The van der Waals surface area contributed by atoms with E-state index in [9.17, 15) is 4.39 Å². The van der Waals surface area contributed by atoms with Crippen molar-refractivity contribution in [2.75, 3.05) is 6.54 Å². The summed E-state index contributed by atoms with van der Waals surface area (Å²) < 4.78 is 19.1. The molecule has 1 aromatic carbocycles. The predicted molar refractivity (Wildman–Crippen MR) is 79.3 cm³/mol. The zero-order valence-corrected chi connectivity index (χ0v) is 12.3. The van der Waals surface area contributed by atoms with E-state index in [1.807, 2.05) is 6.07 Å². The summed E-state index contributed by atoms with van der Waals surface area (Å²) in [5, 5.41) is 3.28. The van der Waals surface area contributed by atoms with Gasteiger partial charge in [0.15, 0.2) is 5.82 Å². The normalized spacial score (nSPS) is 10.9. The molecule has 0 bridgehead atoms. The number of ether oxygens (including phenoxy) is 1. The minimum Gasteiger partial charge on any atom is -0.485 e. The van der Waals surface area contributed by atoms with E-state index in [1.165, 1.54) is 12.1 Å². The van der Waals surface area contributed by atoms with Crippen LogP contribution in [0.2, 0.25) is 0 Å². The third kappa shape index (κ3) is 5.47. The van der Waals surface area contributed by atoms with Crippen LogP contribution in [0.4, 0.5) is 4.39 Å². The summed E-state index contributed by atoms with van der Waals surface area (Å²) in [5.74, 6) is 1.32.